The summed E-state index contributed by atoms with van der Waals surface area (Å²) in [5, 5.41) is 10.8. The molecule has 0 atom stereocenters. The van der Waals surface area contributed by atoms with Crippen LogP contribution in [0.1, 0.15) is 6.42 Å². The molecule has 0 saturated heterocycles. The maximum Gasteiger partial charge on any atom is 0.336 e. The maximum absolute atomic E-state index is 13.7. The van der Waals surface area contributed by atoms with E-state index >= 15 is 0 Å². The number of nitriles is 1. The molecule has 6 nitrogen and oxygen atoms in total. The Morgan fingerprint density at radius 1 is 1.15 bits per heavy atom. The van der Waals surface area contributed by atoms with Crippen LogP contribution < -0.4 is 11.2 Å². The van der Waals surface area contributed by atoms with Crippen LogP contribution in [0.2, 0.25) is 5.02 Å². The van der Waals surface area contributed by atoms with Crippen LogP contribution in [0.25, 0.3) is 37.1 Å². The number of aryl methyl sites for hydroxylation is 1. The second-order valence-corrected chi connectivity index (χ2v) is 9.83. The van der Waals surface area contributed by atoms with E-state index in [0.29, 0.717) is 31.7 Å². The largest absolute Gasteiger partial charge is 0.336 e. The third kappa shape index (κ3) is 3.74. The summed E-state index contributed by atoms with van der Waals surface area (Å²) in [6, 6.07) is 13.3. The van der Waals surface area contributed by atoms with E-state index in [1.165, 1.54) is 29.0 Å². The first-order valence-corrected chi connectivity index (χ1v) is 12.0. The van der Waals surface area contributed by atoms with Gasteiger partial charge in [0.1, 0.15) is 10.5 Å². The van der Waals surface area contributed by atoms with Gasteiger partial charge in [0.15, 0.2) is 0 Å². The first kappa shape index (κ1) is 22.5. The normalized spacial score (nSPS) is 11.2. The van der Waals surface area contributed by atoms with E-state index in [1.54, 1.807) is 12.3 Å². The Hall–Kier alpha value is -3.32. The Kier molecular flexibility index (Phi) is 5.81. The van der Waals surface area contributed by atoms with Crippen LogP contribution in [0.15, 0.2) is 68.9 Å². The molecule has 0 bridgehead atoms. The van der Waals surface area contributed by atoms with Crippen molar-refractivity contribution in [3.05, 3.63) is 91.0 Å². The lowest BCUT2D eigenvalue weighted by atomic mass is 10.1. The maximum atomic E-state index is 13.7. The van der Waals surface area contributed by atoms with Crippen LogP contribution in [-0.4, -0.2) is 14.1 Å². The quantitative estimate of drug-likeness (QED) is 0.277. The predicted octanol–water partition coefficient (Wildman–Crippen LogP) is 5.90. The molecule has 0 aliphatic heterocycles. The van der Waals surface area contributed by atoms with E-state index in [9.17, 15) is 14.0 Å². The van der Waals surface area contributed by atoms with Gasteiger partial charge in [-0.25, -0.2) is 13.8 Å². The lowest BCUT2D eigenvalue weighted by Crippen LogP contribution is -2.38. The van der Waals surface area contributed by atoms with Crippen LogP contribution in [0.3, 0.4) is 0 Å². The van der Waals surface area contributed by atoms with E-state index in [1.807, 2.05) is 24.3 Å². The van der Waals surface area contributed by atoms with Crippen molar-refractivity contribution in [1.82, 2.24) is 14.1 Å². The number of pyridine rings is 1. The average Bonchev–Trinajstić information content (AvgIpc) is 3.24. The van der Waals surface area contributed by atoms with Crippen LogP contribution >= 0.6 is 38.9 Å². The van der Waals surface area contributed by atoms with E-state index in [2.05, 4.69) is 20.9 Å². The molecule has 34 heavy (non-hydrogen) atoms. The first-order valence-electron chi connectivity index (χ1n) is 10.0. The van der Waals surface area contributed by atoms with Gasteiger partial charge in [-0.15, -0.1) is 11.3 Å². The highest BCUT2D eigenvalue weighted by Gasteiger charge is 2.20. The highest BCUT2D eigenvalue weighted by molar-refractivity contribution is 9.10. The molecule has 168 valence electrons. The lowest BCUT2D eigenvalue weighted by molar-refractivity contribution is 0.628. The molecule has 0 radical (unpaired) electrons. The van der Waals surface area contributed by atoms with Crippen LogP contribution in [0, 0.1) is 17.1 Å². The number of fused-ring (bicyclic) bond motifs is 2. The van der Waals surface area contributed by atoms with Crippen LogP contribution in [0.5, 0.6) is 0 Å². The Bertz CT molecular complexity index is 1770. The Labute approximate surface area is 209 Å². The van der Waals surface area contributed by atoms with E-state index in [0.717, 1.165) is 25.8 Å². The fourth-order valence-corrected chi connectivity index (χ4v) is 5.68. The molecule has 0 saturated carbocycles. The number of rotatable bonds is 4. The second kappa shape index (κ2) is 8.80. The summed E-state index contributed by atoms with van der Waals surface area (Å²) in [6.07, 6.45) is 3.21. The smallest absolute Gasteiger partial charge is 0.291 e. The minimum atomic E-state index is -0.573. The minimum absolute atomic E-state index is 0.0784. The van der Waals surface area contributed by atoms with Crippen molar-refractivity contribution < 1.29 is 4.39 Å². The standard InChI is InChI=1S/C24H13BrClFN4O2S/c25-14-3-2-13-11-29-12-20(17(13)8-14)31-23(32)22-19(30(24(31)33)7-1-6-28)10-21(34-22)16-5-4-15(27)9-18(16)26/h2-5,8-12H,1,7H2. The highest BCUT2D eigenvalue weighted by Crippen LogP contribution is 2.36. The molecular weight excluding hydrogens is 543 g/mol. The molecule has 0 spiro atoms. The van der Waals surface area contributed by atoms with Gasteiger partial charge in [-0.3, -0.25) is 14.3 Å². The van der Waals surface area contributed by atoms with Crippen molar-refractivity contribution in [2.75, 3.05) is 0 Å². The molecule has 0 aliphatic rings. The SMILES string of the molecule is N#CCCn1c(=O)n(-c2cncc3ccc(Br)cc23)c(=O)c2sc(-c3ccc(F)cc3Cl)cc21. The van der Waals surface area contributed by atoms with Crippen molar-refractivity contribution in [3.8, 4) is 22.2 Å². The predicted molar refractivity (Wildman–Crippen MR) is 135 cm³/mol. The van der Waals surface area contributed by atoms with Gasteiger partial charge in [0.05, 0.1) is 34.9 Å². The zero-order valence-electron chi connectivity index (χ0n) is 17.3. The fraction of sp³-hybridized carbons (Fsp3) is 0.0833. The number of aromatic nitrogens is 3. The number of thiophene rings is 1. The topological polar surface area (TPSA) is 80.7 Å². The molecule has 0 fully saturated rings. The van der Waals surface area contributed by atoms with Gasteiger partial charge in [0.25, 0.3) is 5.56 Å². The van der Waals surface area contributed by atoms with Crippen molar-refractivity contribution >= 4 is 59.9 Å². The van der Waals surface area contributed by atoms with E-state index in [-0.39, 0.29) is 18.0 Å². The van der Waals surface area contributed by atoms with Crippen molar-refractivity contribution in [3.63, 3.8) is 0 Å². The molecule has 0 N–H and O–H groups in total. The molecular formula is C24H13BrClFN4O2S. The van der Waals surface area contributed by atoms with Gasteiger partial charge >= 0.3 is 5.69 Å². The molecule has 0 aliphatic carbocycles. The fourth-order valence-electron chi connectivity index (χ4n) is 3.86. The van der Waals surface area contributed by atoms with E-state index < -0.39 is 17.1 Å². The van der Waals surface area contributed by atoms with Gasteiger partial charge in [-0.1, -0.05) is 33.6 Å². The van der Waals surface area contributed by atoms with Crippen molar-refractivity contribution in [2.24, 2.45) is 0 Å². The highest BCUT2D eigenvalue weighted by atomic mass is 79.9. The number of hydrogen-bond acceptors (Lipinski definition) is 5. The van der Waals surface area contributed by atoms with Crippen LogP contribution in [0.4, 0.5) is 4.39 Å². The third-order valence-electron chi connectivity index (χ3n) is 5.41. The summed E-state index contributed by atoms with van der Waals surface area (Å²) in [6.45, 7) is 0.0985. The molecule has 3 heterocycles. The van der Waals surface area contributed by atoms with Gasteiger partial charge in [0.2, 0.25) is 0 Å². The molecule has 3 aromatic heterocycles. The van der Waals surface area contributed by atoms with Crippen molar-refractivity contribution in [2.45, 2.75) is 13.0 Å². The van der Waals surface area contributed by atoms with Crippen molar-refractivity contribution in [1.29, 1.82) is 5.26 Å². The zero-order chi connectivity index (χ0) is 24.0. The molecule has 2 aromatic carbocycles. The Morgan fingerprint density at radius 3 is 2.74 bits per heavy atom. The average molecular weight is 556 g/mol. The Balaban J connectivity index is 1.86. The summed E-state index contributed by atoms with van der Waals surface area (Å²) < 4.78 is 17.2. The molecule has 5 aromatic rings. The van der Waals surface area contributed by atoms with Gasteiger partial charge in [-0.05, 0) is 36.4 Å². The summed E-state index contributed by atoms with van der Waals surface area (Å²) in [7, 11) is 0. The number of halogens is 3. The number of benzene rings is 2. The zero-order valence-corrected chi connectivity index (χ0v) is 20.4. The number of nitrogens with zero attached hydrogens (tertiary/aromatic N) is 4. The number of hydrogen-bond donors (Lipinski definition) is 0. The Morgan fingerprint density at radius 2 is 1.97 bits per heavy atom. The van der Waals surface area contributed by atoms with Gasteiger partial charge in [0, 0.05) is 38.4 Å². The molecule has 10 heteroatoms. The summed E-state index contributed by atoms with van der Waals surface area (Å²) in [5.41, 5.74) is 0.214. The molecule has 0 amide bonds. The lowest BCUT2D eigenvalue weighted by Gasteiger charge is -2.12. The summed E-state index contributed by atoms with van der Waals surface area (Å²) in [5.74, 6) is -0.474. The minimum Gasteiger partial charge on any atom is -0.291 e. The van der Waals surface area contributed by atoms with Gasteiger partial charge in [-0.2, -0.15) is 5.26 Å². The third-order valence-corrected chi connectivity index (χ3v) is 7.36. The summed E-state index contributed by atoms with van der Waals surface area (Å²) >= 11 is 10.9. The molecule has 5 rings (SSSR count). The molecule has 0 unspecified atom stereocenters. The monoisotopic (exact) mass is 554 g/mol. The van der Waals surface area contributed by atoms with Gasteiger partial charge < -0.3 is 0 Å². The first-order chi connectivity index (χ1) is 16.4. The van der Waals surface area contributed by atoms with E-state index in [4.69, 9.17) is 16.9 Å². The second-order valence-electron chi connectivity index (χ2n) is 7.46. The summed E-state index contributed by atoms with van der Waals surface area (Å²) in [4.78, 5) is 32.1. The van der Waals surface area contributed by atoms with Crippen LogP contribution in [-0.2, 0) is 6.54 Å².